The minimum atomic E-state index is -0.0467. The molecule has 35 heavy (non-hydrogen) atoms. The molecule has 2 aromatic carbocycles. The van der Waals surface area contributed by atoms with Crippen molar-refractivity contribution in [1.82, 2.24) is 19.4 Å². The molecule has 0 unspecified atom stereocenters. The lowest BCUT2D eigenvalue weighted by Gasteiger charge is -2.36. The summed E-state index contributed by atoms with van der Waals surface area (Å²) in [7, 11) is 3.59. The molecule has 4 rings (SSSR count). The zero-order valence-electron chi connectivity index (χ0n) is 21.0. The van der Waals surface area contributed by atoms with E-state index in [1.165, 1.54) is 5.56 Å². The van der Waals surface area contributed by atoms with E-state index in [9.17, 15) is 4.79 Å². The summed E-state index contributed by atoms with van der Waals surface area (Å²) in [4.78, 5) is 21.9. The van der Waals surface area contributed by atoms with E-state index in [-0.39, 0.29) is 12.1 Å². The summed E-state index contributed by atoms with van der Waals surface area (Å²) >= 11 is 0. The first-order valence-corrected chi connectivity index (χ1v) is 12.5. The van der Waals surface area contributed by atoms with Crippen LogP contribution in [0.2, 0.25) is 0 Å². The van der Waals surface area contributed by atoms with Gasteiger partial charge in [0, 0.05) is 44.5 Å². The lowest BCUT2D eigenvalue weighted by molar-refractivity contribution is 0.132. The molecule has 0 atom stereocenters. The van der Waals surface area contributed by atoms with Gasteiger partial charge in [0.1, 0.15) is 17.8 Å². The number of hydrogen-bond donors (Lipinski definition) is 0. The molecule has 1 aromatic heterocycles. The number of amides is 1. The Morgan fingerprint density at radius 2 is 1.89 bits per heavy atom. The quantitative estimate of drug-likeness (QED) is 0.392. The third kappa shape index (κ3) is 6.42. The van der Waals surface area contributed by atoms with Gasteiger partial charge in [0.15, 0.2) is 0 Å². The van der Waals surface area contributed by atoms with Crippen LogP contribution in [-0.2, 0) is 6.54 Å². The molecule has 1 aliphatic heterocycles. The van der Waals surface area contributed by atoms with Crippen molar-refractivity contribution in [3.63, 3.8) is 0 Å². The number of unbranched alkanes of at least 4 members (excludes halogenated alkanes) is 1. The lowest BCUT2D eigenvalue weighted by Crippen LogP contribution is -2.46. The van der Waals surface area contributed by atoms with E-state index >= 15 is 0 Å². The molecule has 186 valence electrons. The van der Waals surface area contributed by atoms with Crippen LogP contribution in [0.25, 0.3) is 11.3 Å². The monoisotopic (exact) mass is 476 g/mol. The van der Waals surface area contributed by atoms with E-state index in [0.29, 0.717) is 0 Å². The average molecular weight is 477 g/mol. The van der Waals surface area contributed by atoms with Crippen molar-refractivity contribution in [1.29, 1.82) is 0 Å². The maximum atomic E-state index is 13.1. The molecule has 2 heterocycles. The zero-order valence-corrected chi connectivity index (χ0v) is 21.0. The smallest absolute Gasteiger partial charge is 0.329 e. The summed E-state index contributed by atoms with van der Waals surface area (Å²) in [5.41, 5.74) is 2.99. The fraction of sp³-hybridized carbons (Fsp3) is 0.429. The predicted molar refractivity (Wildman–Crippen MR) is 138 cm³/mol. The van der Waals surface area contributed by atoms with Gasteiger partial charge in [-0.15, -0.1) is 0 Å². The fourth-order valence-electron chi connectivity index (χ4n) is 4.46. The van der Waals surface area contributed by atoms with Gasteiger partial charge in [-0.05, 0) is 61.2 Å². The van der Waals surface area contributed by atoms with E-state index in [2.05, 4.69) is 28.9 Å². The Hall–Kier alpha value is -3.32. The molecule has 0 radical (unpaired) electrons. The molecular formula is C28H36N4O3. The van der Waals surface area contributed by atoms with Crippen LogP contribution >= 0.6 is 0 Å². The normalized spacial score (nSPS) is 14.6. The Kier molecular flexibility index (Phi) is 8.42. The van der Waals surface area contributed by atoms with Crippen LogP contribution in [0, 0.1) is 0 Å². The van der Waals surface area contributed by atoms with Gasteiger partial charge in [-0.2, -0.15) is 0 Å². The fourth-order valence-corrected chi connectivity index (χ4v) is 4.46. The number of ether oxygens (including phenoxy) is 2. The minimum Gasteiger partial charge on any atom is -0.497 e. The Morgan fingerprint density at radius 3 is 2.60 bits per heavy atom. The summed E-state index contributed by atoms with van der Waals surface area (Å²) in [5, 5.41) is 0. The Morgan fingerprint density at radius 1 is 1.11 bits per heavy atom. The third-order valence-electron chi connectivity index (χ3n) is 6.67. The minimum absolute atomic E-state index is 0.0467. The van der Waals surface area contributed by atoms with Crippen molar-refractivity contribution in [2.75, 3.05) is 33.9 Å². The molecule has 7 heteroatoms. The highest BCUT2D eigenvalue weighted by molar-refractivity contribution is 5.78. The second-order valence-electron chi connectivity index (χ2n) is 9.14. The van der Waals surface area contributed by atoms with Gasteiger partial charge in [-0.25, -0.2) is 9.78 Å². The molecule has 0 N–H and O–H groups in total. The van der Waals surface area contributed by atoms with E-state index in [4.69, 9.17) is 9.47 Å². The summed E-state index contributed by atoms with van der Waals surface area (Å²) in [6, 6.07) is 16.3. The van der Waals surface area contributed by atoms with Gasteiger partial charge < -0.3 is 14.4 Å². The third-order valence-corrected chi connectivity index (χ3v) is 6.67. The van der Waals surface area contributed by atoms with E-state index in [1.54, 1.807) is 18.0 Å². The maximum absolute atomic E-state index is 13.1. The highest BCUT2D eigenvalue weighted by atomic mass is 16.5. The number of carbonyl (C=O) groups excluding carboxylic acids is 1. The van der Waals surface area contributed by atoms with Crippen molar-refractivity contribution < 1.29 is 14.3 Å². The first-order valence-electron chi connectivity index (χ1n) is 12.5. The van der Waals surface area contributed by atoms with Gasteiger partial charge in [0.2, 0.25) is 0 Å². The molecule has 1 fully saturated rings. The van der Waals surface area contributed by atoms with Crippen molar-refractivity contribution >= 4 is 6.03 Å². The van der Waals surface area contributed by atoms with E-state index in [0.717, 1.165) is 74.7 Å². The summed E-state index contributed by atoms with van der Waals surface area (Å²) in [6.07, 6.45) is 7.48. The number of imidazole rings is 1. The highest BCUT2D eigenvalue weighted by Gasteiger charge is 2.26. The topological polar surface area (TPSA) is 59.8 Å². The van der Waals surface area contributed by atoms with Gasteiger partial charge in [-0.3, -0.25) is 9.47 Å². The number of hydrogen-bond acceptors (Lipinski definition) is 5. The van der Waals surface area contributed by atoms with Crippen LogP contribution in [0.5, 0.6) is 11.5 Å². The summed E-state index contributed by atoms with van der Waals surface area (Å²) in [6.45, 7) is 5.69. The largest absolute Gasteiger partial charge is 0.497 e. The first-order chi connectivity index (χ1) is 17.1. The second kappa shape index (κ2) is 11.9. The van der Waals surface area contributed by atoms with Crippen LogP contribution in [0.1, 0.15) is 38.2 Å². The Balaban J connectivity index is 1.30. The molecule has 1 aliphatic rings. The summed E-state index contributed by atoms with van der Waals surface area (Å²) in [5.74, 6) is 1.74. The van der Waals surface area contributed by atoms with Crippen molar-refractivity contribution in [3.8, 4) is 22.8 Å². The van der Waals surface area contributed by atoms with Gasteiger partial charge in [-0.1, -0.05) is 25.5 Å². The SMILES string of the molecule is CCCCOc1ccc(-c2cn(C(=O)N(C)C3CCN(Cc4cccc(OC)c4)CC3)cn2)cc1. The molecule has 7 nitrogen and oxygen atoms in total. The molecular weight excluding hydrogens is 440 g/mol. The standard InChI is InChI=1S/C28H36N4O3/c1-4-5-17-35-25-11-9-23(10-12-25)27-20-32(21-29-27)28(33)30(2)24-13-15-31(16-14-24)19-22-7-6-8-26(18-22)34-3/h6-12,18,20-21,24H,4-5,13-17,19H2,1-3H3. The number of benzene rings is 2. The number of aromatic nitrogens is 2. The predicted octanol–water partition coefficient (Wildman–Crippen LogP) is 5.30. The number of methoxy groups -OCH3 is 1. The Bertz CT molecular complexity index is 1090. The number of rotatable bonds is 9. The molecule has 1 saturated heterocycles. The number of piperidine rings is 1. The first kappa shape index (κ1) is 24.8. The average Bonchev–Trinajstić information content (AvgIpc) is 3.39. The second-order valence-corrected chi connectivity index (χ2v) is 9.14. The van der Waals surface area contributed by atoms with Crippen LogP contribution < -0.4 is 9.47 Å². The molecule has 1 amide bonds. The number of carbonyl (C=O) groups is 1. The van der Waals surface area contributed by atoms with Gasteiger partial charge in [0.25, 0.3) is 0 Å². The van der Waals surface area contributed by atoms with Crippen molar-refractivity contribution in [2.45, 2.75) is 45.2 Å². The Labute approximate surface area is 208 Å². The van der Waals surface area contributed by atoms with Gasteiger partial charge >= 0.3 is 6.03 Å². The van der Waals surface area contributed by atoms with Crippen molar-refractivity contribution in [3.05, 3.63) is 66.6 Å². The van der Waals surface area contributed by atoms with Crippen LogP contribution in [0.3, 0.4) is 0 Å². The number of likely N-dealkylation sites (tertiary alicyclic amines) is 1. The zero-order chi connectivity index (χ0) is 24.6. The van der Waals surface area contributed by atoms with Crippen molar-refractivity contribution in [2.24, 2.45) is 0 Å². The molecule has 0 bridgehead atoms. The molecule has 0 aliphatic carbocycles. The highest BCUT2D eigenvalue weighted by Crippen LogP contribution is 2.23. The van der Waals surface area contributed by atoms with Gasteiger partial charge in [0.05, 0.1) is 19.4 Å². The van der Waals surface area contributed by atoms with Crippen LogP contribution in [0.15, 0.2) is 61.1 Å². The number of nitrogens with zero attached hydrogens (tertiary/aromatic N) is 4. The lowest BCUT2D eigenvalue weighted by atomic mass is 10.0. The molecule has 0 saturated carbocycles. The van der Waals surface area contributed by atoms with Crippen LogP contribution in [-0.4, -0.2) is 65.3 Å². The van der Waals surface area contributed by atoms with E-state index < -0.39 is 0 Å². The molecule has 0 spiro atoms. The van der Waals surface area contributed by atoms with Crippen LogP contribution in [0.4, 0.5) is 4.79 Å². The van der Waals surface area contributed by atoms with E-state index in [1.807, 2.05) is 54.5 Å². The molecule has 3 aromatic rings. The summed E-state index contributed by atoms with van der Waals surface area (Å²) < 4.78 is 12.7. The maximum Gasteiger partial charge on any atom is 0.329 e.